The van der Waals surface area contributed by atoms with Gasteiger partial charge in [-0.15, -0.1) is 11.8 Å². The summed E-state index contributed by atoms with van der Waals surface area (Å²) in [6, 6.07) is 9.76. The van der Waals surface area contributed by atoms with Crippen LogP contribution in [-0.4, -0.2) is 24.1 Å². The number of hydrogen-bond acceptors (Lipinski definition) is 4. The zero-order chi connectivity index (χ0) is 18.4. The highest BCUT2D eigenvalue weighted by molar-refractivity contribution is 8.00. The second-order valence-corrected chi connectivity index (χ2v) is 5.93. The van der Waals surface area contributed by atoms with Crippen molar-refractivity contribution in [3.63, 3.8) is 0 Å². The van der Waals surface area contributed by atoms with Crippen LogP contribution in [0.5, 0.6) is 5.75 Å². The summed E-state index contributed by atoms with van der Waals surface area (Å²) >= 11 is 0.927. The molecule has 0 aliphatic carbocycles. The van der Waals surface area contributed by atoms with Gasteiger partial charge in [0.1, 0.15) is 11.6 Å². The summed E-state index contributed by atoms with van der Waals surface area (Å²) in [6.07, 6.45) is 0. The first-order valence-electron chi connectivity index (χ1n) is 7.14. The highest BCUT2D eigenvalue weighted by atomic mass is 32.2. The molecule has 0 spiro atoms. The zero-order valence-corrected chi connectivity index (χ0v) is 13.9. The third-order valence-electron chi connectivity index (χ3n) is 3.07. The molecule has 0 saturated carbocycles. The lowest BCUT2D eigenvalue weighted by Gasteiger charge is -2.11. The number of carbonyl (C=O) groups is 2. The minimum absolute atomic E-state index is 0.0980. The van der Waals surface area contributed by atoms with Crippen LogP contribution in [0.4, 0.5) is 18.9 Å². The van der Waals surface area contributed by atoms with E-state index in [9.17, 15) is 22.8 Å². The van der Waals surface area contributed by atoms with E-state index in [4.69, 9.17) is 0 Å². The molecule has 0 fully saturated rings. The average Bonchev–Trinajstić information content (AvgIpc) is 2.55. The standard InChI is InChI=1S/C17H14F3NO3S/c1-10(22)11-6-7-15(12(18)8-11)25-9-16(23)21-13-4-2-3-5-14(13)24-17(19)20/h2-8,17H,9H2,1H3,(H,21,23). The summed E-state index contributed by atoms with van der Waals surface area (Å²) in [6.45, 7) is -1.69. The first kappa shape index (κ1) is 18.9. The van der Waals surface area contributed by atoms with Gasteiger partial charge in [-0.05, 0) is 31.2 Å². The summed E-state index contributed by atoms with van der Waals surface area (Å²) in [5, 5.41) is 2.44. The number of halogens is 3. The SMILES string of the molecule is CC(=O)c1ccc(SCC(=O)Nc2ccccc2OC(F)F)c(F)c1. The average molecular weight is 369 g/mol. The smallest absolute Gasteiger partial charge is 0.387 e. The Morgan fingerprint density at radius 2 is 1.92 bits per heavy atom. The van der Waals surface area contributed by atoms with Crippen LogP contribution in [-0.2, 0) is 4.79 Å². The lowest BCUT2D eigenvalue weighted by molar-refractivity contribution is -0.113. The number of hydrogen-bond donors (Lipinski definition) is 1. The van der Waals surface area contributed by atoms with Crippen molar-refractivity contribution in [2.45, 2.75) is 18.4 Å². The van der Waals surface area contributed by atoms with E-state index in [1.165, 1.54) is 37.3 Å². The molecular weight excluding hydrogens is 355 g/mol. The van der Waals surface area contributed by atoms with Crippen LogP contribution < -0.4 is 10.1 Å². The maximum absolute atomic E-state index is 13.9. The maximum Gasteiger partial charge on any atom is 0.387 e. The van der Waals surface area contributed by atoms with Crippen LogP contribution in [0, 0.1) is 5.82 Å². The van der Waals surface area contributed by atoms with Crippen LogP contribution in [0.25, 0.3) is 0 Å². The number of thioether (sulfide) groups is 1. The first-order valence-corrected chi connectivity index (χ1v) is 8.12. The van der Waals surface area contributed by atoms with Gasteiger partial charge in [-0.3, -0.25) is 9.59 Å². The number of para-hydroxylation sites is 2. The Balaban J connectivity index is 1.99. The molecule has 132 valence electrons. The number of amides is 1. The second-order valence-electron chi connectivity index (χ2n) is 4.91. The van der Waals surface area contributed by atoms with Crippen molar-refractivity contribution in [1.82, 2.24) is 0 Å². The number of rotatable bonds is 7. The highest BCUT2D eigenvalue weighted by Crippen LogP contribution is 2.27. The minimum atomic E-state index is -3.01. The Labute approximate surface area is 146 Å². The van der Waals surface area contributed by atoms with Crippen LogP contribution in [0.1, 0.15) is 17.3 Å². The third-order valence-corrected chi connectivity index (χ3v) is 4.12. The van der Waals surface area contributed by atoms with Crippen molar-refractivity contribution in [1.29, 1.82) is 0 Å². The maximum atomic E-state index is 13.9. The number of benzene rings is 2. The van der Waals surface area contributed by atoms with Crippen molar-refractivity contribution in [2.24, 2.45) is 0 Å². The quantitative estimate of drug-likeness (QED) is 0.582. The summed E-state index contributed by atoms with van der Waals surface area (Å²) < 4.78 is 42.9. The number of anilines is 1. The number of ether oxygens (including phenoxy) is 1. The van der Waals surface area contributed by atoms with Gasteiger partial charge in [-0.25, -0.2) is 4.39 Å². The number of nitrogens with one attached hydrogen (secondary N) is 1. The Kier molecular flexibility index (Phi) is 6.46. The van der Waals surface area contributed by atoms with E-state index in [-0.39, 0.29) is 33.4 Å². The molecule has 2 aromatic carbocycles. The lowest BCUT2D eigenvalue weighted by Crippen LogP contribution is -2.15. The van der Waals surface area contributed by atoms with Crippen molar-refractivity contribution in [3.8, 4) is 5.75 Å². The number of Topliss-reactive ketones (excluding diaryl/α,β-unsaturated/α-hetero) is 1. The van der Waals surface area contributed by atoms with Gasteiger partial charge in [0.25, 0.3) is 0 Å². The van der Waals surface area contributed by atoms with E-state index in [0.29, 0.717) is 0 Å². The lowest BCUT2D eigenvalue weighted by atomic mass is 10.1. The van der Waals surface area contributed by atoms with Crippen molar-refractivity contribution >= 4 is 29.1 Å². The van der Waals surface area contributed by atoms with Gasteiger partial charge in [0, 0.05) is 10.5 Å². The van der Waals surface area contributed by atoms with Gasteiger partial charge in [0.05, 0.1) is 11.4 Å². The monoisotopic (exact) mass is 369 g/mol. The van der Waals surface area contributed by atoms with Crippen LogP contribution in [0.3, 0.4) is 0 Å². The van der Waals surface area contributed by atoms with E-state index < -0.39 is 18.3 Å². The second kappa shape index (κ2) is 8.57. The van der Waals surface area contributed by atoms with Crippen molar-refractivity contribution in [2.75, 3.05) is 11.1 Å². The van der Waals surface area contributed by atoms with Crippen LogP contribution in [0.2, 0.25) is 0 Å². The largest absolute Gasteiger partial charge is 0.433 e. The van der Waals surface area contributed by atoms with E-state index in [1.54, 1.807) is 6.07 Å². The van der Waals surface area contributed by atoms with Gasteiger partial charge >= 0.3 is 6.61 Å². The summed E-state index contributed by atoms with van der Waals surface area (Å²) in [5.41, 5.74) is 0.338. The molecule has 25 heavy (non-hydrogen) atoms. The van der Waals surface area contributed by atoms with Gasteiger partial charge in [-0.1, -0.05) is 18.2 Å². The highest BCUT2D eigenvalue weighted by Gasteiger charge is 2.13. The molecule has 0 radical (unpaired) electrons. The molecule has 0 unspecified atom stereocenters. The third kappa shape index (κ3) is 5.53. The normalized spacial score (nSPS) is 10.6. The molecule has 1 amide bonds. The number of ketones is 1. The zero-order valence-electron chi connectivity index (χ0n) is 13.1. The summed E-state index contributed by atoms with van der Waals surface area (Å²) in [5.74, 6) is -1.67. The van der Waals surface area contributed by atoms with E-state index in [2.05, 4.69) is 10.1 Å². The van der Waals surface area contributed by atoms with Crippen LogP contribution in [0.15, 0.2) is 47.4 Å². The van der Waals surface area contributed by atoms with E-state index >= 15 is 0 Å². The molecule has 8 heteroatoms. The molecule has 0 saturated heterocycles. The van der Waals surface area contributed by atoms with Gasteiger partial charge in [0.15, 0.2) is 5.78 Å². The molecule has 0 bridgehead atoms. The van der Waals surface area contributed by atoms with E-state index in [1.807, 2.05) is 0 Å². The number of carbonyl (C=O) groups excluding carboxylic acids is 2. The fourth-order valence-electron chi connectivity index (χ4n) is 1.94. The fourth-order valence-corrected chi connectivity index (χ4v) is 2.65. The predicted molar refractivity (Wildman–Crippen MR) is 88.8 cm³/mol. The molecule has 0 aromatic heterocycles. The van der Waals surface area contributed by atoms with Gasteiger partial charge in [-0.2, -0.15) is 8.78 Å². The fraction of sp³-hybridized carbons (Fsp3) is 0.176. The minimum Gasteiger partial charge on any atom is -0.433 e. The van der Waals surface area contributed by atoms with Crippen LogP contribution >= 0.6 is 11.8 Å². The molecule has 0 aliphatic rings. The predicted octanol–water partition coefficient (Wildman–Crippen LogP) is 4.36. The molecule has 4 nitrogen and oxygen atoms in total. The summed E-state index contributed by atoms with van der Waals surface area (Å²) in [4.78, 5) is 23.3. The van der Waals surface area contributed by atoms with Crippen molar-refractivity contribution in [3.05, 3.63) is 53.8 Å². The molecule has 0 aliphatic heterocycles. The Morgan fingerprint density at radius 3 is 2.56 bits per heavy atom. The van der Waals surface area contributed by atoms with Gasteiger partial charge < -0.3 is 10.1 Å². The van der Waals surface area contributed by atoms with E-state index in [0.717, 1.165) is 17.8 Å². The Hall–Kier alpha value is -2.48. The molecule has 2 aromatic rings. The Bertz CT molecular complexity index is 783. The van der Waals surface area contributed by atoms with Gasteiger partial charge in [0.2, 0.25) is 5.91 Å². The molecule has 0 heterocycles. The molecular formula is C17H14F3NO3S. The molecule has 1 N–H and O–H groups in total. The molecule has 2 rings (SSSR count). The Morgan fingerprint density at radius 1 is 1.20 bits per heavy atom. The van der Waals surface area contributed by atoms with Crippen molar-refractivity contribution < 1.29 is 27.5 Å². The summed E-state index contributed by atoms with van der Waals surface area (Å²) in [7, 11) is 0. The topological polar surface area (TPSA) is 55.4 Å². The first-order chi connectivity index (χ1) is 11.9. The molecule has 0 atom stereocenters. The number of alkyl halides is 2.